The lowest BCUT2D eigenvalue weighted by atomic mass is 9.95. The van der Waals surface area contributed by atoms with Crippen LogP contribution < -0.4 is 10.5 Å². The van der Waals surface area contributed by atoms with Crippen molar-refractivity contribution < 1.29 is 22.3 Å². The number of sulfonamides is 1. The minimum absolute atomic E-state index is 0.0193. The fourth-order valence-corrected chi connectivity index (χ4v) is 3.42. The number of carbonyl (C=O) groups is 1. The van der Waals surface area contributed by atoms with Crippen molar-refractivity contribution in [2.75, 3.05) is 13.2 Å². The zero-order valence-electron chi connectivity index (χ0n) is 13.8. The molecule has 7 nitrogen and oxygen atoms in total. The van der Waals surface area contributed by atoms with Crippen molar-refractivity contribution in [1.82, 2.24) is 10.3 Å². The number of carbonyl (C=O) groups excluding carboxylic acids is 1. The second kappa shape index (κ2) is 7.48. The summed E-state index contributed by atoms with van der Waals surface area (Å²) in [5.74, 6) is -1.51. The highest BCUT2D eigenvalue weighted by atomic mass is 32.2. The van der Waals surface area contributed by atoms with Crippen LogP contribution in [0, 0.1) is 11.7 Å². The average molecular weight is 379 g/mol. The number of nitrogens with two attached hydrogens (primary N) is 1. The summed E-state index contributed by atoms with van der Waals surface area (Å²) in [5.41, 5.74) is 0.684. The Morgan fingerprint density at radius 2 is 2.00 bits per heavy atom. The van der Waals surface area contributed by atoms with E-state index in [4.69, 9.17) is 9.88 Å². The van der Waals surface area contributed by atoms with E-state index in [0.717, 1.165) is 23.8 Å². The number of benzene rings is 1. The molecule has 1 aliphatic rings. The summed E-state index contributed by atoms with van der Waals surface area (Å²) in [5, 5.41) is 7.77. The van der Waals surface area contributed by atoms with Crippen LogP contribution in [0.1, 0.15) is 15.9 Å². The summed E-state index contributed by atoms with van der Waals surface area (Å²) >= 11 is 0. The molecule has 2 aromatic rings. The quantitative estimate of drug-likeness (QED) is 0.800. The van der Waals surface area contributed by atoms with Gasteiger partial charge in [-0.2, -0.15) is 0 Å². The summed E-state index contributed by atoms with van der Waals surface area (Å²) in [6, 6.07) is 6.32. The number of amides is 1. The van der Waals surface area contributed by atoms with Crippen molar-refractivity contribution in [2.45, 2.75) is 17.4 Å². The van der Waals surface area contributed by atoms with Gasteiger partial charge in [0.1, 0.15) is 5.82 Å². The number of aromatic nitrogens is 1. The van der Waals surface area contributed by atoms with E-state index in [1.165, 1.54) is 0 Å². The van der Waals surface area contributed by atoms with Crippen molar-refractivity contribution in [3.05, 3.63) is 59.7 Å². The van der Waals surface area contributed by atoms with Crippen molar-refractivity contribution >= 4 is 15.9 Å². The van der Waals surface area contributed by atoms with Crippen LogP contribution in [-0.2, 0) is 21.2 Å². The Hall–Kier alpha value is -2.36. The average Bonchev–Trinajstić information content (AvgIpc) is 3.02. The molecule has 1 fully saturated rings. The lowest BCUT2D eigenvalue weighted by Gasteiger charge is -2.19. The van der Waals surface area contributed by atoms with E-state index in [-0.39, 0.29) is 22.4 Å². The normalized spacial score (nSPS) is 20.1. The van der Waals surface area contributed by atoms with Crippen LogP contribution in [0.2, 0.25) is 0 Å². The topological polar surface area (TPSA) is 111 Å². The van der Waals surface area contributed by atoms with E-state index in [2.05, 4.69) is 10.3 Å². The third-order valence-corrected chi connectivity index (χ3v) is 5.18. The smallest absolute Gasteiger partial charge is 0.254 e. The number of hydrogen-bond donors (Lipinski definition) is 2. The Morgan fingerprint density at radius 1 is 1.27 bits per heavy atom. The Labute approximate surface area is 150 Å². The summed E-state index contributed by atoms with van der Waals surface area (Å²) < 4.78 is 42.3. The minimum atomic E-state index is -4.03. The molecule has 138 valence electrons. The molecule has 2 heterocycles. The molecule has 3 rings (SSSR count). The number of rotatable bonds is 5. The molecule has 0 saturated carbocycles. The molecule has 1 aromatic carbocycles. The highest BCUT2D eigenvalue weighted by Gasteiger charge is 2.30. The number of pyridine rings is 1. The first-order valence-corrected chi connectivity index (χ1v) is 9.49. The van der Waals surface area contributed by atoms with Crippen molar-refractivity contribution in [1.29, 1.82) is 0 Å². The van der Waals surface area contributed by atoms with Gasteiger partial charge >= 0.3 is 0 Å². The van der Waals surface area contributed by atoms with Gasteiger partial charge in [-0.3, -0.25) is 9.78 Å². The van der Waals surface area contributed by atoms with Gasteiger partial charge in [0.25, 0.3) is 5.91 Å². The maximum Gasteiger partial charge on any atom is 0.254 e. The van der Waals surface area contributed by atoms with Gasteiger partial charge in [0.15, 0.2) is 0 Å². The van der Waals surface area contributed by atoms with Crippen LogP contribution in [0.15, 0.2) is 47.6 Å². The molecule has 3 N–H and O–H groups in total. The number of hydrogen-bond acceptors (Lipinski definition) is 5. The summed E-state index contributed by atoms with van der Waals surface area (Å²) in [4.78, 5) is 16.1. The molecular formula is C17H18FN3O4S. The fraction of sp³-hybridized carbons (Fsp3) is 0.294. The van der Waals surface area contributed by atoms with Crippen LogP contribution in [0.4, 0.5) is 4.39 Å². The van der Waals surface area contributed by atoms with Gasteiger partial charge in [-0.05, 0) is 42.3 Å². The van der Waals surface area contributed by atoms with E-state index in [9.17, 15) is 17.6 Å². The molecule has 1 aliphatic heterocycles. The predicted octanol–water partition coefficient (Wildman–Crippen LogP) is 0.856. The Kier molecular flexibility index (Phi) is 5.30. The molecule has 1 amide bonds. The van der Waals surface area contributed by atoms with Crippen LogP contribution in [0.3, 0.4) is 0 Å². The molecule has 0 bridgehead atoms. The first-order valence-electron chi connectivity index (χ1n) is 7.94. The Morgan fingerprint density at radius 3 is 2.69 bits per heavy atom. The van der Waals surface area contributed by atoms with Gasteiger partial charge in [-0.25, -0.2) is 17.9 Å². The molecule has 0 aliphatic carbocycles. The lowest BCUT2D eigenvalue weighted by molar-refractivity contribution is 0.0920. The molecule has 0 spiro atoms. The molecule has 2 atom stereocenters. The highest BCUT2D eigenvalue weighted by Crippen LogP contribution is 2.20. The maximum absolute atomic E-state index is 14.0. The van der Waals surface area contributed by atoms with Gasteiger partial charge in [0.2, 0.25) is 10.0 Å². The molecule has 1 aromatic heterocycles. The fourth-order valence-electron chi connectivity index (χ4n) is 2.88. The number of nitrogens with zero attached hydrogens (tertiary/aromatic N) is 1. The number of ether oxygens (including phenoxy) is 1. The minimum Gasteiger partial charge on any atom is -0.379 e. The highest BCUT2D eigenvalue weighted by molar-refractivity contribution is 7.89. The van der Waals surface area contributed by atoms with Crippen molar-refractivity contribution in [2.24, 2.45) is 11.1 Å². The van der Waals surface area contributed by atoms with Gasteiger partial charge in [-0.15, -0.1) is 0 Å². The standard InChI is InChI=1S/C17H18FN3O4S/c18-15-2-1-13(26(19,23)24)8-14(15)17(22)21-16-10-25-9-12(16)7-11-3-5-20-6-4-11/h1-6,8,12,16H,7,9-10H2,(H,21,22)(H2,19,23,24)/t12-,16-/m1/s1. The van der Waals surface area contributed by atoms with Gasteiger partial charge in [-0.1, -0.05) is 0 Å². The van der Waals surface area contributed by atoms with Gasteiger partial charge in [0, 0.05) is 18.3 Å². The third-order valence-electron chi connectivity index (χ3n) is 4.27. The maximum atomic E-state index is 14.0. The summed E-state index contributed by atoms with van der Waals surface area (Å²) in [6.45, 7) is 0.769. The Balaban J connectivity index is 1.75. The van der Waals surface area contributed by atoms with Gasteiger partial charge in [0.05, 0.1) is 29.7 Å². The molecule has 0 radical (unpaired) electrons. The van der Waals surface area contributed by atoms with E-state index < -0.39 is 21.7 Å². The first-order chi connectivity index (χ1) is 12.3. The third kappa shape index (κ3) is 4.24. The lowest BCUT2D eigenvalue weighted by Crippen LogP contribution is -2.41. The number of nitrogens with one attached hydrogen (secondary N) is 1. The van der Waals surface area contributed by atoms with Crippen LogP contribution in [0.5, 0.6) is 0 Å². The van der Waals surface area contributed by atoms with E-state index >= 15 is 0 Å². The molecular weight excluding hydrogens is 361 g/mol. The van der Waals surface area contributed by atoms with E-state index in [0.29, 0.717) is 19.6 Å². The predicted molar refractivity (Wildman–Crippen MR) is 91.3 cm³/mol. The molecule has 26 heavy (non-hydrogen) atoms. The van der Waals surface area contributed by atoms with Crippen LogP contribution in [-0.4, -0.2) is 38.6 Å². The monoisotopic (exact) mass is 379 g/mol. The molecule has 1 saturated heterocycles. The van der Waals surface area contributed by atoms with E-state index in [1.807, 2.05) is 12.1 Å². The molecule has 9 heteroatoms. The van der Waals surface area contributed by atoms with Crippen LogP contribution >= 0.6 is 0 Å². The number of primary sulfonamides is 1. The second-order valence-electron chi connectivity index (χ2n) is 6.12. The van der Waals surface area contributed by atoms with Crippen LogP contribution in [0.25, 0.3) is 0 Å². The Bertz CT molecular complexity index is 905. The molecule has 0 unspecified atom stereocenters. The largest absolute Gasteiger partial charge is 0.379 e. The zero-order chi connectivity index (χ0) is 18.7. The summed E-state index contributed by atoms with van der Waals surface area (Å²) in [6.07, 6.45) is 4.05. The second-order valence-corrected chi connectivity index (χ2v) is 7.69. The zero-order valence-corrected chi connectivity index (χ0v) is 14.6. The van der Waals surface area contributed by atoms with Crippen molar-refractivity contribution in [3.8, 4) is 0 Å². The SMILES string of the molecule is NS(=O)(=O)c1ccc(F)c(C(=O)N[C@@H]2COC[C@H]2Cc2ccncc2)c1. The van der Waals surface area contributed by atoms with Gasteiger partial charge < -0.3 is 10.1 Å². The summed E-state index contributed by atoms with van der Waals surface area (Å²) in [7, 11) is -4.03. The number of halogens is 1. The van der Waals surface area contributed by atoms with Crippen molar-refractivity contribution in [3.63, 3.8) is 0 Å². The van der Waals surface area contributed by atoms with E-state index in [1.54, 1.807) is 12.4 Å². The first kappa shape index (κ1) is 18.4.